The van der Waals surface area contributed by atoms with Gasteiger partial charge in [-0.2, -0.15) is 0 Å². The second-order valence-corrected chi connectivity index (χ2v) is 6.75. The molecule has 0 aliphatic carbocycles. The SMILES string of the molecule is CN=C(NCCc1cn2ccccc2n1)NCc1ccc(C)cc1OCCOC. The molecule has 154 valence electrons. The lowest BCUT2D eigenvalue weighted by Gasteiger charge is -2.15. The van der Waals surface area contributed by atoms with Crippen LogP contribution in [0.4, 0.5) is 0 Å². The van der Waals surface area contributed by atoms with Gasteiger partial charge in [0.25, 0.3) is 0 Å². The lowest BCUT2D eigenvalue weighted by molar-refractivity contribution is 0.145. The molecule has 0 spiro atoms. The largest absolute Gasteiger partial charge is 0.491 e. The zero-order valence-corrected chi connectivity index (χ0v) is 17.3. The van der Waals surface area contributed by atoms with Gasteiger partial charge in [0.1, 0.15) is 18.0 Å². The van der Waals surface area contributed by atoms with Gasteiger partial charge in [0.05, 0.1) is 12.3 Å². The highest BCUT2D eigenvalue weighted by Gasteiger charge is 2.07. The summed E-state index contributed by atoms with van der Waals surface area (Å²) in [6.07, 6.45) is 4.88. The van der Waals surface area contributed by atoms with E-state index in [1.807, 2.05) is 34.9 Å². The van der Waals surface area contributed by atoms with Crippen molar-refractivity contribution in [1.29, 1.82) is 0 Å². The Morgan fingerprint density at radius 1 is 1.17 bits per heavy atom. The minimum atomic E-state index is 0.527. The van der Waals surface area contributed by atoms with Crippen molar-refractivity contribution >= 4 is 11.6 Å². The van der Waals surface area contributed by atoms with Gasteiger partial charge in [-0.3, -0.25) is 4.99 Å². The van der Waals surface area contributed by atoms with E-state index in [9.17, 15) is 0 Å². The highest BCUT2D eigenvalue weighted by molar-refractivity contribution is 5.79. The highest BCUT2D eigenvalue weighted by Crippen LogP contribution is 2.20. The fourth-order valence-corrected chi connectivity index (χ4v) is 2.99. The predicted octanol–water partition coefficient (Wildman–Crippen LogP) is 2.58. The summed E-state index contributed by atoms with van der Waals surface area (Å²) in [6, 6.07) is 12.2. The van der Waals surface area contributed by atoms with E-state index in [4.69, 9.17) is 9.47 Å². The number of aliphatic imine (C=N–C) groups is 1. The maximum atomic E-state index is 5.86. The average Bonchev–Trinajstić information content (AvgIpc) is 3.14. The Kier molecular flexibility index (Phi) is 7.47. The predicted molar refractivity (Wildman–Crippen MR) is 116 cm³/mol. The third-order valence-electron chi connectivity index (χ3n) is 4.53. The summed E-state index contributed by atoms with van der Waals surface area (Å²) < 4.78 is 13.0. The number of nitrogens with one attached hydrogen (secondary N) is 2. The van der Waals surface area contributed by atoms with Gasteiger partial charge < -0.3 is 24.5 Å². The Labute approximate surface area is 171 Å². The quantitative estimate of drug-likeness (QED) is 0.331. The van der Waals surface area contributed by atoms with Crippen LogP contribution >= 0.6 is 0 Å². The van der Waals surface area contributed by atoms with Crippen molar-refractivity contribution in [2.75, 3.05) is 33.9 Å². The molecule has 2 N–H and O–H groups in total. The van der Waals surface area contributed by atoms with Crippen molar-refractivity contribution in [3.05, 3.63) is 65.6 Å². The van der Waals surface area contributed by atoms with E-state index in [1.54, 1.807) is 14.2 Å². The molecule has 2 aromatic heterocycles. The molecule has 0 fully saturated rings. The summed E-state index contributed by atoms with van der Waals surface area (Å²) in [5, 5.41) is 6.70. The van der Waals surface area contributed by atoms with Crippen LogP contribution in [0.2, 0.25) is 0 Å². The Bertz CT molecular complexity index is 918. The number of nitrogens with zero attached hydrogens (tertiary/aromatic N) is 3. The van der Waals surface area contributed by atoms with Crippen LogP contribution in [-0.4, -0.2) is 49.3 Å². The molecule has 29 heavy (non-hydrogen) atoms. The van der Waals surface area contributed by atoms with Gasteiger partial charge in [-0.05, 0) is 30.7 Å². The number of fused-ring (bicyclic) bond motifs is 1. The standard InChI is InChI=1S/C22H29N5O2/c1-17-7-8-18(20(14-17)29-13-12-28-3)15-25-22(23-2)24-10-9-19-16-27-11-5-4-6-21(27)26-19/h4-8,11,14,16H,9-10,12-13,15H2,1-3H3,(H2,23,24,25). The lowest BCUT2D eigenvalue weighted by atomic mass is 10.1. The van der Waals surface area contributed by atoms with Gasteiger partial charge >= 0.3 is 0 Å². The molecule has 0 radical (unpaired) electrons. The zero-order valence-electron chi connectivity index (χ0n) is 17.3. The number of aromatic nitrogens is 2. The first-order valence-electron chi connectivity index (χ1n) is 9.78. The van der Waals surface area contributed by atoms with Gasteiger partial charge in [-0.15, -0.1) is 0 Å². The molecule has 7 heteroatoms. The summed E-state index contributed by atoms with van der Waals surface area (Å²) >= 11 is 0. The molecular formula is C22H29N5O2. The molecule has 0 saturated heterocycles. The van der Waals surface area contributed by atoms with E-state index >= 15 is 0 Å². The van der Waals surface area contributed by atoms with Crippen molar-refractivity contribution in [1.82, 2.24) is 20.0 Å². The number of benzene rings is 1. The first kappa shape index (κ1) is 20.7. The van der Waals surface area contributed by atoms with Crippen LogP contribution in [0.25, 0.3) is 5.65 Å². The number of rotatable bonds is 9. The maximum Gasteiger partial charge on any atom is 0.191 e. The topological polar surface area (TPSA) is 72.2 Å². The Morgan fingerprint density at radius 3 is 2.86 bits per heavy atom. The van der Waals surface area contributed by atoms with Crippen LogP contribution < -0.4 is 15.4 Å². The van der Waals surface area contributed by atoms with Crippen LogP contribution in [0.3, 0.4) is 0 Å². The molecule has 0 bridgehead atoms. The molecule has 3 rings (SSSR count). The molecule has 2 heterocycles. The monoisotopic (exact) mass is 395 g/mol. The fraction of sp³-hybridized carbons (Fsp3) is 0.364. The Balaban J connectivity index is 1.51. The summed E-state index contributed by atoms with van der Waals surface area (Å²) in [6.45, 7) is 4.51. The number of ether oxygens (including phenoxy) is 2. The van der Waals surface area contributed by atoms with E-state index in [2.05, 4.69) is 45.9 Å². The van der Waals surface area contributed by atoms with Crippen LogP contribution in [-0.2, 0) is 17.7 Å². The molecular weight excluding hydrogens is 366 g/mol. The second kappa shape index (κ2) is 10.5. The molecule has 0 amide bonds. The highest BCUT2D eigenvalue weighted by atomic mass is 16.5. The molecule has 0 atom stereocenters. The Hall–Kier alpha value is -3.06. The lowest BCUT2D eigenvalue weighted by Crippen LogP contribution is -2.38. The molecule has 0 aliphatic heterocycles. The summed E-state index contributed by atoms with van der Waals surface area (Å²) in [5.74, 6) is 1.62. The van der Waals surface area contributed by atoms with E-state index in [0.29, 0.717) is 19.8 Å². The van der Waals surface area contributed by atoms with E-state index in [1.165, 1.54) is 0 Å². The zero-order chi connectivity index (χ0) is 20.5. The van der Waals surface area contributed by atoms with Crippen molar-refractivity contribution in [3.63, 3.8) is 0 Å². The molecule has 7 nitrogen and oxygen atoms in total. The van der Waals surface area contributed by atoms with Gasteiger partial charge in [-0.25, -0.2) is 4.98 Å². The number of hydrogen-bond acceptors (Lipinski definition) is 4. The molecule has 1 aromatic carbocycles. The smallest absolute Gasteiger partial charge is 0.191 e. The van der Waals surface area contributed by atoms with Crippen molar-refractivity contribution in [3.8, 4) is 5.75 Å². The number of aryl methyl sites for hydroxylation is 1. The number of pyridine rings is 1. The first-order chi connectivity index (χ1) is 14.2. The minimum absolute atomic E-state index is 0.527. The fourth-order valence-electron chi connectivity index (χ4n) is 2.99. The summed E-state index contributed by atoms with van der Waals surface area (Å²) in [4.78, 5) is 8.93. The molecule has 0 saturated carbocycles. The van der Waals surface area contributed by atoms with Crippen LogP contribution in [0, 0.1) is 6.92 Å². The Morgan fingerprint density at radius 2 is 2.07 bits per heavy atom. The van der Waals surface area contributed by atoms with Crippen molar-refractivity contribution < 1.29 is 9.47 Å². The van der Waals surface area contributed by atoms with Crippen molar-refractivity contribution in [2.24, 2.45) is 4.99 Å². The van der Waals surface area contributed by atoms with Crippen molar-refractivity contribution in [2.45, 2.75) is 19.9 Å². The van der Waals surface area contributed by atoms with E-state index < -0.39 is 0 Å². The van der Waals surface area contributed by atoms with E-state index in [-0.39, 0.29) is 0 Å². The summed E-state index contributed by atoms with van der Waals surface area (Å²) in [5.41, 5.74) is 4.25. The van der Waals surface area contributed by atoms with Crippen LogP contribution in [0.5, 0.6) is 5.75 Å². The van der Waals surface area contributed by atoms with Gasteiger partial charge in [0.15, 0.2) is 5.96 Å². The molecule has 3 aromatic rings. The second-order valence-electron chi connectivity index (χ2n) is 6.75. The minimum Gasteiger partial charge on any atom is -0.491 e. The van der Waals surface area contributed by atoms with E-state index in [0.717, 1.165) is 47.1 Å². The number of hydrogen-bond donors (Lipinski definition) is 2. The molecule has 0 unspecified atom stereocenters. The molecule has 0 aliphatic rings. The number of methoxy groups -OCH3 is 1. The third-order valence-corrected chi connectivity index (χ3v) is 4.53. The van der Waals surface area contributed by atoms with Crippen LogP contribution in [0.1, 0.15) is 16.8 Å². The number of imidazole rings is 1. The average molecular weight is 396 g/mol. The third kappa shape index (κ3) is 5.96. The number of guanidine groups is 1. The van der Waals surface area contributed by atoms with Gasteiger partial charge in [-0.1, -0.05) is 18.2 Å². The van der Waals surface area contributed by atoms with Gasteiger partial charge in [0.2, 0.25) is 0 Å². The summed E-state index contributed by atoms with van der Waals surface area (Å²) in [7, 11) is 3.44. The van der Waals surface area contributed by atoms with Crippen LogP contribution in [0.15, 0.2) is 53.8 Å². The maximum absolute atomic E-state index is 5.86. The first-order valence-corrected chi connectivity index (χ1v) is 9.78. The normalized spacial score (nSPS) is 11.6. The van der Waals surface area contributed by atoms with Gasteiger partial charge in [0, 0.05) is 51.6 Å².